The van der Waals surface area contributed by atoms with Gasteiger partial charge in [0.15, 0.2) is 0 Å². The molecule has 1 heterocycles. The van der Waals surface area contributed by atoms with Gasteiger partial charge < -0.3 is 10.0 Å². The number of benzene rings is 1. The fourth-order valence-corrected chi connectivity index (χ4v) is 3.64. The summed E-state index contributed by atoms with van der Waals surface area (Å²) in [6.07, 6.45) is 2.78. The highest BCUT2D eigenvalue weighted by Gasteiger charge is 2.21. The van der Waals surface area contributed by atoms with Crippen LogP contribution in [0, 0.1) is 0 Å². The minimum absolute atomic E-state index is 0.159. The van der Waals surface area contributed by atoms with Crippen molar-refractivity contribution in [2.75, 3.05) is 31.1 Å². The second-order valence-corrected chi connectivity index (χ2v) is 7.63. The van der Waals surface area contributed by atoms with Crippen LogP contribution in [-0.4, -0.2) is 41.7 Å². The maximum absolute atomic E-state index is 10.6. The van der Waals surface area contributed by atoms with Crippen LogP contribution < -0.4 is 4.90 Å². The Labute approximate surface area is 142 Å². The molecule has 1 N–H and O–H groups in total. The SMILES string of the molecule is CCN1CCCc2cc(C(O)CCN(CC)C(C)(C)C)ccc21. The number of rotatable bonds is 6. The monoisotopic (exact) mass is 318 g/mol. The van der Waals surface area contributed by atoms with Crippen molar-refractivity contribution < 1.29 is 5.11 Å². The summed E-state index contributed by atoms with van der Waals surface area (Å²) in [5, 5.41) is 10.6. The molecule has 0 fully saturated rings. The van der Waals surface area contributed by atoms with Gasteiger partial charge in [-0.3, -0.25) is 4.90 Å². The Hall–Kier alpha value is -1.06. The van der Waals surface area contributed by atoms with Crippen LogP contribution in [0.4, 0.5) is 5.69 Å². The molecule has 23 heavy (non-hydrogen) atoms. The van der Waals surface area contributed by atoms with E-state index < -0.39 is 0 Å². The number of anilines is 1. The molecule has 1 aliphatic rings. The van der Waals surface area contributed by atoms with Gasteiger partial charge in [0.25, 0.3) is 0 Å². The van der Waals surface area contributed by atoms with Crippen molar-refractivity contribution >= 4 is 5.69 Å². The maximum Gasteiger partial charge on any atom is 0.0802 e. The number of aryl methyl sites for hydroxylation is 1. The molecule has 2 rings (SSSR count). The molecule has 130 valence electrons. The minimum atomic E-state index is -0.367. The van der Waals surface area contributed by atoms with Crippen molar-refractivity contribution in [3.05, 3.63) is 29.3 Å². The summed E-state index contributed by atoms with van der Waals surface area (Å²) in [7, 11) is 0. The Morgan fingerprint density at radius 1 is 1.26 bits per heavy atom. The van der Waals surface area contributed by atoms with E-state index in [1.807, 2.05) is 0 Å². The molecule has 1 aliphatic heterocycles. The summed E-state index contributed by atoms with van der Waals surface area (Å²) in [6, 6.07) is 6.55. The zero-order valence-electron chi connectivity index (χ0n) is 15.6. The van der Waals surface area contributed by atoms with Crippen LogP contribution in [0.2, 0.25) is 0 Å². The van der Waals surface area contributed by atoms with E-state index in [9.17, 15) is 5.11 Å². The van der Waals surface area contributed by atoms with E-state index in [0.29, 0.717) is 0 Å². The second kappa shape index (κ2) is 7.67. The fourth-order valence-electron chi connectivity index (χ4n) is 3.64. The molecule has 3 nitrogen and oxygen atoms in total. The first kappa shape index (κ1) is 18.3. The lowest BCUT2D eigenvalue weighted by Gasteiger charge is -2.35. The normalized spacial score (nSPS) is 16.6. The molecule has 0 aromatic heterocycles. The average molecular weight is 319 g/mol. The van der Waals surface area contributed by atoms with E-state index in [-0.39, 0.29) is 11.6 Å². The van der Waals surface area contributed by atoms with Crippen LogP contribution in [0.25, 0.3) is 0 Å². The van der Waals surface area contributed by atoms with Crippen LogP contribution in [-0.2, 0) is 6.42 Å². The third-order valence-electron chi connectivity index (χ3n) is 5.09. The van der Waals surface area contributed by atoms with Gasteiger partial charge in [-0.05, 0) is 70.7 Å². The van der Waals surface area contributed by atoms with Gasteiger partial charge in [0, 0.05) is 30.9 Å². The van der Waals surface area contributed by atoms with Crippen molar-refractivity contribution in [2.24, 2.45) is 0 Å². The van der Waals surface area contributed by atoms with Crippen molar-refractivity contribution in [1.82, 2.24) is 4.90 Å². The maximum atomic E-state index is 10.6. The molecule has 0 saturated heterocycles. The fraction of sp³-hybridized carbons (Fsp3) is 0.700. The third-order valence-corrected chi connectivity index (χ3v) is 5.09. The number of aliphatic hydroxyl groups excluding tert-OH is 1. The topological polar surface area (TPSA) is 26.7 Å². The van der Waals surface area contributed by atoms with Crippen molar-refractivity contribution in [3.63, 3.8) is 0 Å². The lowest BCUT2D eigenvalue weighted by atomic mass is 9.96. The zero-order valence-corrected chi connectivity index (χ0v) is 15.6. The lowest BCUT2D eigenvalue weighted by Crippen LogP contribution is -2.42. The highest BCUT2D eigenvalue weighted by Crippen LogP contribution is 2.30. The molecule has 0 saturated carbocycles. The summed E-state index contributed by atoms with van der Waals surface area (Å²) in [6.45, 7) is 15.3. The average Bonchev–Trinajstić information content (AvgIpc) is 2.52. The van der Waals surface area contributed by atoms with Crippen LogP contribution in [0.5, 0.6) is 0 Å². The molecule has 0 aliphatic carbocycles. The second-order valence-electron chi connectivity index (χ2n) is 7.63. The molecular formula is C20H34N2O. The van der Waals surface area contributed by atoms with Crippen molar-refractivity contribution in [3.8, 4) is 0 Å². The summed E-state index contributed by atoms with van der Waals surface area (Å²) >= 11 is 0. The Bertz CT molecular complexity index is 507. The van der Waals surface area contributed by atoms with Gasteiger partial charge in [-0.25, -0.2) is 0 Å². The Morgan fingerprint density at radius 3 is 2.61 bits per heavy atom. The van der Waals surface area contributed by atoms with Crippen molar-refractivity contribution in [2.45, 2.75) is 65.5 Å². The molecule has 1 aromatic rings. The molecule has 3 heteroatoms. The Morgan fingerprint density at radius 2 is 2.00 bits per heavy atom. The predicted octanol–water partition coefficient (Wildman–Crippen LogP) is 4.00. The molecule has 0 bridgehead atoms. The van der Waals surface area contributed by atoms with Crippen LogP contribution in [0.1, 0.15) is 64.7 Å². The van der Waals surface area contributed by atoms with Crippen LogP contribution in [0.15, 0.2) is 18.2 Å². The first-order chi connectivity index (χ1) is 10.9. The molecule has 0 amide bonds. The highest BCUT2D eigenvalue weighted by atomic mass is 16.3. The van der Waals surface area contributed by atoms with Crippen LogP contribution in [0.3, 0.4) is 0 Å². The largest absolute Gasteiger partial charge is 0.388 e. The standard InChI is InChI=1S/C20H34N2O/c1-6-21-13-8-9-16-15-17(10-11-18(16)21)19(23)12-14-22(7-2)20(3,4)5/h10-11,15,19,23H,6-9,12-14H2,1-5H3. The first-order valence-electron chi connectivity index (χ1n) is 9.17. The van der Waals surface area contributed by atoms with Gasteiger partial charge in [-0.1, -0.05) is 19.1 Å². The minimum Gasteiger partial charge on any atom is -0.388 e. The number of aliphatic hydroxyl groups is 1. The van der Waals surface area contributed by atoms with E-state index in [1.165, 1.54) is 17.7 Å². The van der Waals surface area contributed by atoms with Gasteiger partial charge >= 0.3 is 0 Å². The first-order valence-corrected chi connectivity index (χ1v) is 9.17. The van der Waals surface area contributed by atoms with E-state index >= 15 is 0 Å². The lowest BCUT2D eigenvalue weighted by molar-refractivity contribution is 0.0997. The summed E-state index contributed by atoms with van der Waals surface area (Å²) < 4.78 is 0. The molecule has 1 unspecified atom stereocenters. The smallest absolute Gasteiger partial charge is 0.0802 e. The van der Waals surface area contributed by atoms with Gasteiger partial charge in [0.05, 0.1) is 6.10 Å². The quantitative estimate of drug-likeness (QED) is 0.859. The molecule has 0 radical (unpaired) electrons. The molecular weight excluding hydrogens is 284 g/mol. The highest BCUT2D eigenvalue weighted by molar-refractivity contribution is 5.57. The third kappa shape index (κ3) is 4.48. The van der Waals surface area contributed by atoms with E-state index in [0.717, 1.165) is 44.6 Å². The Kier molecular flexibility index (Phi) is 6.10. The zero-order chi connectivity index (χ0) is 17.0. The number of fused-ring (bicyclic) bond motifs is 1. The molecule has 1 aromatic carbocycles. The number of hydrogen-bond donors (Lipinski definition) is 1. The van der Waals surface area contributed by atoms with Gasteiger partial charge in [0.2, 0.25) is 0 Å². The van der Waals surface area contributed by atoms with Gasteiger partial charge in [-0.2, -0.15) is 0 Å². The Balaban J connectivity index is 2.04. The van der Waals surface area contributed by atoms with E-state index in [4.69, 9.17) is 0 Å². The molecule has 0 spiro atoms. The van der Waals surface area contributed by atoms with Gasteiger partial charge in [0.1, 0.15) is 0 Å². The predicted molar refractivity (Wildman–Crippen MR) is 99.2 cm³/mol. The summed E-state index contributed by atoms with van der Waals surface area (Å²) in [4.78, 5) is 4.86. The van der Waals surface area contributed by atoms with Crippen molar-refractivity contribution in [1.29, 1.82) is 0 Å². The number of nitrogens with zero attached hydrogens (tertiary/aromatic N) is 2. The van der Waals surface area contributed by atoms with Gasteiger partial charge in [-0.15, -0.1) is 0 Å². The summed E-state index contributed by atoms with van der Waals surface area (Å²) in [5.74, 6) is 0. The van der Waals surface area contributed by atoms with E-state index in [1.54, 1.807) is 0 Å². The molecule has 1 atom stereocenters. The van der Waals surface area contributed by atoms with E-state index in [2.05, 4.69) is 62.6 Å². The summed E-state index contributed by atoms with van der Waals surface area (Å²) in [5.41, 5.74) is 4.00. The van der Waals surface area contributed by atoms with Crippen LogP contribution >= 0.6 is 0 Å². The number of hydrogen-bond acceptors (Lipinski definition) is 3.